The van der Waals surface area contributed by atoms with Crippen molar-refractivity contribution in [1.82, 2.24) is 0 Å². The number of aryl methyl sites for hydroxylation is 1. The third kappa shape index (κ3) is 3.78. The minimum absolute atomic E-state index is 0.523. The lowest BCUT2D eigenvalue weighted by Gasteiger charge is -2.17. The lowest BCUT2D eigenvalue weighted by molar-refractivity contribution is 0.607. The second kappa shape index (κ2) is 4.91. The van der Waals surface area contributed by atoms with E-state index in [9.17, 15) is 0 Å². The molecule has 0 aromatic heterocycles. The summed E-state index contributed by atoms with van der Waals surface area (Å²) in [4.78, 5) is 0. The number of benzene rings is 1. The van der Waals surface area contributed by atoms with Gasteiger partial charge in [0.25, 0.3) is 9.76 Å². The van der Waals surface area contributed by atoms with Crippen molar-refractivity contribution in [2.24, 2.45) is 0 Å². The minimum atomic E-state index is -1.36. The van der Waals surface area contributed by atoms with Gasteiger partial charge in [0.15, 0.2) is 8.32 Å². The van der Waals surface area contributed by atoms with E-state index in [1.165, 1.54) is 10.8 Å². The van der Waals surface area contributed by atoms with Crippen molar-refractivity contribution in [3.63, 3.8) is 0 Å². The zero-order valence-electron chi connectivity index (χ0n) is 9.42. The molecule has 2 radical (unpaired) electrons. The SMILES string of the molecule is CCc1ccccc1[Si]O[Si](C)(C)C. The smallest absolute Gasteiger partial charge is 0.257 e. The Labute approximate surface area is 90.6 Å². The highest BCUT2D eigenvalue weighted by atomic mass is 28.4. The first-order valence-corrected chi connectivity index (χ1v) is 9.36. The Bertz CT molecular complexity index is 292. The third-order valence-corrected chi connectivity index (χ3v) is 5.43. The Morgan fingerprint density at radius 3 is 2.43 bits per heavy atom. The van der Waals surface area contributed by atoms with Crippen LogP contribution in [0.2, 0.25) is 19.6 Å². The Morgan fingerprint density at radius 1 is 1.21 bits per heavy atom. The van der Waals surface area contributed by atoms with E-state index < -0.39 is 8.32 Å². The van der Waals surface area contributed by atoms with Gasteiger partial charge < -0.3 is 4.12 Å². The Kier molecular flexibility index (Phi) is 4.10. The minimum Gasteiger partial charge on any atom is -0.453 e. The number of rotatable bonds is 4. The molecule has 0 saturated heterocycles. The third-order valence-electron chi connectivity index (χ3n) is 1.87. The lowest BCUT2D eigenvalue weighted by atomic mass is 10.2. The second-order valence-corrected chi connectivity index (χ2v) is 10.1. The monoisotopic (exact) mass is 222 g/mol. The van der Waals surface area contributed by atoms with E-state index in [2.05, 4.69) is 50.8 Å². The molecule has 0 spiro atoms. The van der Waals surface area contributed by atoms with Crippen LogP contribution in [0.3, 0.4) is 0 Å². The van der Waals surface area contributed by atoms with Crippen LogP contribution in [0.5, 0.6) is 0 Å². The predicted octanol–water partition coefficient (Wildman–Crippen LogP) is 2.34. The summed E-state index contributed by atoms with van der Waals surface area (Å²) in [7, 11) is -0.840. The van der Waals surface area contributed by atoms with Crippen molar-refractivity contribution in [3.8, 4) is 0 Å². The van der Waals surface area contributed by atoms with Gasteiger partial charge in [-0.15, -0.1) is 0 Å². The Balaban J connectivity index is 2.67. The fourth-order valence-electron chi connectivity index (χ4n) is 1.14. The molecule has 0 N–H and O–H groups in total. The maximum Gasteiger partial charge on any atom is 0.257 e. The molecule has 0 heterocycles. The van der Waals surface area contributed by atoms with Gasteiger partial charge in [0.2, 0.25) is 0 Å². The summed E-state index contributed by atoms with van der Waals surface area (Å²) in [5.41, 5.74) is 1.42. The highest BCUT2D eigenvalue weighted by Crippen LogP contribution is 2.02. The van der Waals surface area contributed by atoms with E-state index >= 15 is 0 Å². The van der Waals surface area contributed by atoms with E-state index in [-0.39, 0.29) is 0 Å². The van der Waals surface area contributed by atoms with Crippen LogP contribution >= 0.6 is 0 Å². The van der Waals surface area contributed by atoms with Gasteiger partial charge in [-0.2, -0.15) is 0 Å². The van der Waals surface area contributed by atoms with Crippen molar-refractivity contribution in [2.45, 2.75) is 33.0 Å². The highest BCUT2D eigenvalue weighted by molar-refractivity contribution is 6.75. The van der Waals surface area contributed by atoms with Gasteiger partial charge in [-0.05, 0) is 36.8 Å². The van der Waals surface area contributed by atoms with Gasteiger partial charge in [0.05, 0.1) is 0 Å². The van der Waals surface area contributed by atoms with Gasteiger partial charge in [0.1, 0.15) is 0 Å². The molecule has 0 amide bonds. The zero-order chi connectivity index (χ0) is 10.6. The molecule has 0 atom stereocenters. The van der Waals surface area contributed by atoms with Crippen molar-refractivity contribution in [1.29, 1.82) is 0 Å². The Hall–Kier alpha value is -0.386. The van der Waals surface area contributed by atoms with Crippen LogP contribution in [0.25, 0.3) is 0 Å². The van der Waals surface area contributed by atoms with Gasteiger partial charge in [-0.25, -0.2) is 0 Å². The summed E-state index contributed by atoms with van der Waals surface area (Å²) in [5, 5.41) is 1.37. The first-order chi connectivity index (χ1) is 6.53. The summed E-state index contributed by atoms with van der Waals surface area (Å²) >= 11 is 0. The van der Waals surface area contributed by atoms with Crippen LogP contribution in [0.4, 0.5) is 0 Å². The molecule has 1 aromatic rings. The summed E-state index contributed by atoms with van der Waals surface area (Å²) in [6.45, 7) is 8.88. The van der Waals surface area contributed by atoms with E-state index in [0.29, 0.717) is 9.76 Å². The van der Waals surface area contributed by atoms with Crippen LogP contribution in [0.15, 0.2) is 24.3 Å². The fourth-order valence-corrected chi connectivity index (χ4v) is 3.36. The molecule has 0 saturated carbocycles. The van der Waals surface area contributed by atoms with Crippen molar-refractivity contribution in [3.05, 3.63) is 29.8 Å². The molecule has 3 heteroatoms. The fraction of sp³-hybridized carbons (Fsp3) is 0.455. The van der Waals surface area contributed by atoms with Gasteiger partial charge >= 0.3 is 0 Å². The molecular weight excluding hydrogens is 204 g/mol. The molecule has 14 heavy (non-hydrogen) atoms. The first kappa shape index (κ1) is 11.7. The van der Waals surface area contributed by atoms with Crippen LogP contribution < -0.4 is 5.19 Å². The summed E-state index contributed by atoms with van der Waals surface area (Å²) in [5.74, 6) is 0. The number of hydrogen-bond donors (Lipinski definition) is 0. The first-order valence-electron chi connectivity index (χ1n) is 5.05. The van der Waals surface area contributed by atoms with Crippen molar-refractivity contribution < 1.29 is 4.12 Å². The average molecular weight is 222 g/mol. The molecule has 0 aliphatic rings. The lowest BCUT2D eigenvalue weighted by Crippen LogP contribution is -2.33. The topological polar surface area (TPSA) is 9.23 Å². The molecule has 1 aromatic carbocycles. The molecular formula is C11H18OSi2. The maximum atomic E-state index is 5.92. The van der Waals surface area contributed by atoms with Gasteiger partial charge in [0, 0.05) is 0 Å². The second-order valence-electron chi connectivity index (χ2n) is 4.33. The molecule has 0 bridgehead atoms. The van der Waals surface area contributed by atoms with Crippen molar-refractivity contribution in [2.75, 3.05) is 0 Å². The predicted molar refractivity (Wildman–Crippen MR) is 65.6 cm³/mol. The molecule has 0 unspecified atom stereocenters. The van der Waals surface area contributed by atoms with E-state index in [4.69, 9.17) is 4.12 Å². The standard InChI is InChI=1S/C11H18OSi2/c1-5-10-8-6-7-9-11(10)13-12-14(2,3)4/h6-9H,5H2,1-4H3. The molecule has 0 aliphatic carbocycles. The summed E-state index contributed by atoms with van der Waals surface area (Å²) in [6.07, 6.45) is 1.10. The average Bonchev–Trinajstić information content (AvgIpc) is 2.14. The van der Waals surface area contributed by atoms with Crippen molar-refractivity contribution >= 4 is 23.3 Å². The van der Waals surface area contributed by atoms with Crippen LogP contribution in [-0.2, 0) is 10.5 Å². The molecule has 76 valence electrons. The van der Waals surface area contributed by atoms with Crippen LogP contribution in [-0.4, -0.2) is 18.1 Å². The molecule has 0 fully saturated rings. The number of hydrogen-bond acceptors (Lipinski definition) is 1. The largest absolute Gasteiger partial charge is 0.453 e. The molecule has 1 rings (SSSR count). The zero-order valence-corrected chi connectivity index (χ0v) is 11.4. The summed E-state index contributed by atoms with van der Waals surface area (Å²) < 4.78 is 5.92. The normalized spacial score (nSPS) is 11.7. The van der Waals surface area contributed by atoms with Crippen LogP contribution in [0, 0.1) is 0 Å². The Morgan fingerprint density at radius 2 is 1.86 bits per heavy atom. The quantitative estimate of drug-likeness (QED) is 0.711. The highest BCUT2D eigenvalue weighted by Gasteiger charge is 2.15. The van der Waals surface area contributed by atoms with Gasteiger partial charge in [-0.3, -0.25) is 0 Å². The molecule has 0 aliphatic heterocycles. The summed E-state index contributed by atoms with van der Waals surface area (Å²) in [6, 6.07) is 8.56. The molecule has 1 nitrogen and oxygen atoms in total. The van der Waals surface area contributed by atoms with E-state index in [0.717, 1.165) is 6.42 Å². The maximum absolute atomic E-state index is 5.92. The van der Waals surface area contributed by atoms with E-state index in [1.54, 1.807) is 0 Å². The van der Waals surface area contributed by atoms with E-state index in [1.807, 2.05) is 0 Å². The van der Waals surface area contributed by atoms with Crippen LogP contribution in [0.1, 0.15) is 12.5 Å². The van der Waals surface area contributed by atoms with Gasteiger partial charge in [-0.1, -0.05) is 31.2 Å².